The van der Waals surface area contributed by atoms with E-state index in [4.69, 9.17) is 18.9 Å². The van der Waals surface area contributed by atoms with Gasteiger partial charge in [-0.2, -0.15) is 0 Å². The first-order chi connectivity index (χ1) is 25.3. The van der Waals surface area contributed by atoms with Crippen LogP contribution in [0.15, 0.2) is 23.3 Å². The zero-order chi connectivity index (χ0) is 39.7. The van der Waals surface area contributed by atoms with Gasteiger partial charge in [-0.3, -0.25) is 0 Å². The fraction of sp³-hybridized carbons (Fsp3) is 0.905. The normalized spacial score (nSPS) is 53.7. The third kappa shape index (κ3) is 7.10. The van der Waals surface area contributed by atoms with E-state index in [-0.39, 0.29) is 40.4 Å². The summed E-state index contributed by atoms with van der Waals surface area (Å²) in [6.45, 7) is 16.2. The quantitative estimate of drug-likeness (QED) is 0.126. The van der Waals surface area contributed by atoms with Gasteiger partial charge in [0.05, 0.1) is 31.0 Å². The van der Waals surface area contributed by atoms with E-state index >= 15 is 0 Å². The summed E-state index contributed by atoms with van der Waals surface area (Å²) in [5, 5.41) is 88.3. The van der Waals surface area contributed by atoms with Gasteiger partial charge in [-0.25, -0.2) is 0 Å². The van der Waals surface area contributed by atoms with Gasteiger partial charge in [0.1, 0.15) is 42.7 Å². The molecule has 8 N–H and O–H groups in total. The van der Waals surface area contributed by atoms with Gasteiger partial charge in [-0.05, 0) is 125 Å². The van der Waals surface area contributed by atoms with Crippen LogP contribution in [0.3, 0.4) is 0 Å². The molecule has 0 amide bonds. The Morgan fingerprint density at radius 2 is 1.43 bits per heavy atom. The minimum absolute atomic E-state index is 0.0701. The van der Waals surface area contributed by atoms with Crippen molar-refractivity contribution in [1.29, 1.82) is 0 Å². The van der Waals surface area contributed by atoms with Crippen molar-refractivity contribution in [3.05, 3.63) is 23.3 Å². The second-order valence-electron chi connectivity index (χ2n) is 19.0. The number of allylic oxidation sites excluding steroid dienone is 4. The molecule has 12 nitrogen and oxygen atoms in total. The molecule has 6 aliphatic rings. The van der Waals surface area contributed by atoms with Crippen LogP contribution < -0.4 is 0 Å². The largest absolute Gasteiger partial charge is 0.394 e. The smallest absolute Gasteiger partial charge is 0.187 e. The van der Waals surface area contributed by atoms with Gasteiger partial charge in [0.2, 0.25) is 0 Å². The lowest BCUT2D eigenvalue weighted by atomic mass is 9.38. The van der Waals surface area contributed by atoms with Crippen molar-refractivity contribution in [2.75, 3.05) is 6.61 Å². The average Bonchev–Trinajstić information content (AvgIpc) is 3.50. The predicted molar refractivity (Wildman–Crippen MR) is 199 cm³/mol. The molecule has 310 valence electrons. The van der Waals surface area contributed by atoms with E-state index < -0.39 is 91.7 Å². The van der Waals surface area contributed by atoms with Crippen molar-refractivity contribution in [2.45, 2.75) is 186 Å². The number of aliphatic hydroxyl groups is 8. The number of fused-ring (bicyclic) bond motifs is 5. The molecular weight excluding hydrogens is 696 g/mol. The van der Waals surface area contributed by atoms with Crippen LogP contribution in [0, 0.1) is 45.8 Å². The molecule has 6 rings (SSSR count). The maximum Gasteiger partial charge on any atom is 0.187 e. The lowest BCUT2D eigenvalue weighted by Crippen LogP contribution is -2.68. The van der Waals surface area contributed by atoms with E-state index in [9.17, 15) is 40.9 Å². The molecule has 2 aliphatic heterocycles. The molecule has 12 heteroatoms. The molecule has 2 heterocycles. The van der Waals surface area contributed by atoms with Crippen LogP contribution >= 0.6 is 0 Å². The first kappa shape index (κ1) is 42.6. The van der Waals surface area contributed by atoms with E-state index in [1.165, 1.54) is 18.1 Å². The molecule has 0 unspecified atom stereocenters. The first-order valence-corrected chi connectivity index (χ1v) is 20.6. The molecule has 6 fully saturated rings. The van der Waals surface area contributed by atoms with Crippen LogP contribution in [0.4, 0.5) is 0 Å². The predicted octanol–water partition coefficient (Wildman–Crippen LogP) is 2.95. The van der Waals surface area contributed by atoms with Crippen LogP contribution in [0.5, 0.6) is 0 Å². The molecule has 4 saturated carbocycles. The van der Waals surface area contributed by atoms with Crippen molar-refractivity contribution in [2.24, 2.45) is 45.8 Å². The first-order valence-electron chi connectivity index (χ1n) is 20.6. The van der Waals surface area contributed by atoms with Crippen molar-refractivity contribution < 1.29 is 59.8 Å². The number of ether oxygens (including phenoxy) is 4. The van der Waals surface area contributed by atoms with Crippen molar-refractivity contribution in [1.82, 2.24) is 0 Å². The molecule has 0 aromatic heterocycles. The second kappa shape index (κ2) is 16.0. The van der Waals surface area contributed by atoms with Crippen molar-refractivity contribution >= 4 is 0 Å². The summed E-state index contributed by atoms with van der Waals surface area (Å²) in [6.07, 6.45) is -5.05. The van der Waals surface area contributed by atoms with E-state index in [0.717, 1.165) is 25.7 Å². The maximum absolute atomic E-state index is 12.2. The standard InChI is InChI=1S/C42H70O12/c1-9-40(6)29(45)14-16-42(8)24-17-26(44)30-23(21(4)12-10-11-20(2)3)13-15-41(30,7)25(24)18-27(37(40)42)52-39-36(34(49)32(47)28(19-43)53-39)54-38-35(50)33(48)31(46)22(5)51-38/h11-12,22-39,43-50H,9-10,13-19H2,1-8H3/b21-12-/t22-,23+,24+,25-,26-,27+,28+,29+,30+,31-,32+,33+,34-,35+,36+,37-,38-,39+,40+,41+,42+/m0/s1. The Morgan fingerprint density at radius 1 is 0.759 bits per heavy atom. The number of aliphatic hydroxyl groups excluding tert-OH is 8. The summed E-state index contributed by atoms with van der Waals surface area (Å²) in [6, 6.07) is 0. The molecule has 0 bridgehead atoms. The Hall–Kier alpha value is -1.00. The summed E-state index contributed by atoms with van der Waals surface area (Å²) in [4.78, 5) is 0. The van der Waals surface area contributed by atoms with Gasteiger partial charge in [-0.15, -0.1) is 0 Å². The lowest BCUT2D eigenvalue weighted by molar-refractivity contribution is -0.379. The van der Waals surface area contributed by atoms with E-state index in [2.05, 4.69) is 60.6 Å². The molecule has 54 heavy (non-hydrogen) atoms. The molecule has 2 saturated heterocycles. The van der Waals surface area contributed by atoms with Crippen LogP contribution in [0.2, 0.25) is 0 Å². The summed E-state index contributed by atoms with van der Waals surface area (Å²) >= 11 is 0. The molecule has 0 spiro atoms. The SMILES string of the molecule is CC[C@@]1(C)[C@@H]2[C@H](O[C@@H]3O[C@H](CO)[C@@H](O)[C@H](O)[C@H]3O[C@@H]3O[C@@H](C)[C@H](O)[C@@H](O)[C@H]3O)C[C@H]3[C@@H](C[C@H](O)[C@H]4[C@@H](/C(C)=C\CC=C(C)C)CC[C@@]43C)[C@@]2(C)CC[C@H]1O. The third-order valence-corrected chi connectivity index (χ3v) is 15.8. The second-order valence-corrected chi connectivity index (χ2v) is 19.0. The fourth-order valence-corrected chi connectivity index (χ4v) is 12.6. The zero-order valence-electron chi connectivity index (χ0n) is 33.6. The van der Waals surface area contributed by atoms with E-state index in [0.29, 0.717) is 25.7 Å². The minimum Gasteiger partial charge on any atom is -0.394 e. The van der Waals surface area contributed by atoms with Crippen LogP contribution in [-0.2, 0) is 18.9 Å². The van der Waals surface area contributed by atoms with Gasteiger partial charge < -0.3 is 59.8 Å². The Morgan fingerprint density at radius 3 is 2.07 bits per heavy atom. The van der Waals surface area contributed by atoms with Crippen LogP contribution in [0.1, 0.15) is 107 Å². The van der Waals surface area contributed by atoms with Gasteiger partial charge in [0.15, 0.2) is 12.6 Å². The highest BCUT2D eigenvalue weighted by Gasteiger charge is 2.69. The number of hydrogen-bond acceptors (Lipinski definition) is 12. The highest BCUT2D eigenvalue weighted by atomic mass is 16.8. The van der Waals surface area contributed by atoms with Gasteiger partial charge in [0, 0.05) is 0 Å². The molecular formula is C42H70O12. The van der Waals surface area contributed by atoms with E-state index in [1.807, 2.05) is 0 Å². The Balaban J connectivity index is 1.37. The van der Waals surface area contributed by atoms with Gasteiger partial charge in [-0.1, -0.05) is 51.0 Å². The van der Waals surface area contributed by atoms with Gasteiger partial charge >= 0.3 is 0 Å². The minimum atomic E-state index is -1.67. The molecule has 0 aromatic carbocycles. The Bertz CT molecular complexity index is 1370. The summed E-state index contributed by atoms with van der Waals surface area (Å²) in [7, 11) is 0. The van der Waals surface area contributed by atoms with Crippen LogP contribution in [0.25, 0.3) is 0 Å². The summed E-state index contributed by atoms with van der Waals surface area (Å²) in [5.74, 6) is 0.473. The number of hydrogen-bond donors (Lipinski definition) is 8. The molecule has 0 radical (unpaired) electrons. The van der Waals surface area contributed by atoms with E-state index in [1.54, 1.807) is 0 Å². The van der Waals surface area contributed by atoms with Gasteiger partial charge in [0.25, 0.3) is 0 Å². The zero-order valence-corrected chi connectivity index (χ0v) is 33.6. The lowest BCUT2D eigenvalue weighted by Gasteiger charge is -2.68. The monoisotopic (exact) mass is 766 g/mol. The number of rotatable bonds is 9. The Labute approximate surface area is 321 Å². The summed E-state index contributed by atoms with van der Waals surface area (Å²) < 4.78 is 25.2. The maximum atomic E-state index is 12.2. The highest BCUT2D eigenvalue weighted by Crippen LogP contribution is 2.71. The third-order valence-electron chi connectivity index (χ3n) is 15.8. The van der Waals surface area contributed by atoms with Crippen LogP contribution in [-0.4, -0.2) is 127 Å². The molecule has 21 atom stereocenters. The fourth-order valence-electron chi connectivity index (χ4n) is 12.6. The summed E-state index contributed by atoms with van der Waals surface area (Å²) in [5.41, 5.74) is 1.50. The highest BCUT2D eigenvalue weighted by molar-refractivity contribution is 5.21. The average molecular weight is 767 g/mol. The molecule has 4 aliphatic carbocycles. The van der Waals surface area contributed by atoms with Crippen molar-refractivity contribution in [3.63, 3.8) is 0 Å². The Kier molecular flexibility index (Phi) is 12.6. The molecule has 0 aromatic rings. The van der Waals surface area contributed by atoms with Crippen molar-refractivity contribution in [3.8, 4) is 0 Å². The topological polar surface area (TPSA) is 199 Å².